The fourth-order valence-corrected chi connectivity index (χ4v) is 4.52. The SMILES string of the molecule is COc1ccc(-c2cn3ccccc3n2)cc1NS(=O)(=O)c1cc([N+](=O)[O-])c(C)c([N+](=O)[O-])c1. The van der Waals surface area contributed by atoms with Crippen LogP contribution in [0.1, 0.15) is 5.56 Å². The molecule has 0 atom stereocenters. The van der Waals surface area contributed by atoms with Crippen molar-refractivity contribution in [2.75, 3.05) is 11.8 Å². The number of nitro groups is 2. The number of aromatic nitrogens is 2. The van der Waals surface area contributed by atoms with Crippen molar-refractivity contribution in [3.63, 3.8) is 0 Å². The molecule has 2 aromatic heterocycles. The molecule has 0 radical (unpaired) electrons. The third-order valence-electron chi connectivity index (χ3n) is 5.13. The highest BCUT2D eigenvalue weighted by atomic mass is 32.2. The van der Waals surface area contributed by atoms with Gasteiger partial charge in [-0.1, -0.05) is 6.07 Å². The van der Waals surface area contributed by atoms with E-state index in [4.69, 9.17) is 4.74 Å². The molecule has 1 N–H and O–H groups in total. The van der Waals surface area contributed by atoms with Crippen LogP contribution in [0.25, 0.3) is 16.9 Å². The molecular weight excluding hydrogens is 466 g/mol. The number of anilines is 1. The molecule has 0 aliphatic carbocycles. The van der Waals surface area contributed by atoms with Crippen LogP contribution in [0.5, 0.6) is 5.75 Å². The molecule has 4 aromatic rings. The van der Waals surface area contributed by atoms with Gasteiger partial charge in [-0.15, -0.1) is 0 Å². The Morgan fingerprint density at radius 1 is 1.03 bits per heavy atom. The Labute approximate surface area is 192 Å². The molecule has 2 heterocycles. The Morgan fingerprint density at radius 3 is 2.29 bits per heavy atom. The lowest BCUT2D eigenvalue weighted by molar-refractivity contribution is -0.395. The lowest BCUT2D eigenvalue weighted by Crippen LogP contribution is -2.15. The van der Waals surface area contributed by atoms with Crippen LogP contribution in [0.4, 0.5) is 17.1 Å². The van der Waals surface area contributed by atoms with E-state index in [-0.39, 0.29) is 17.0 Å². The van der Waals surface area contributed by atoms with Crippen molar-refractivity contribution in [3.05, 3.63) is 86.7 Å². The fraction of sp³-hybridized carbons (Fsp3) is 0.0952. The summed E-state index contributed by atoms with van der Waals surface area (Å²) in [4.78, 5) is 24.8. The average Bonchev–Trinajstić information content (AvgIpc) is 3.22. The zero-order valence-electron chi connectivity index (χ0n) is 17.8. The maximum absolute atomic E-state index is 13.1. The van der Waals surface area contributed by atoms with Crippen molar-refractivity contribution in [2.24, 2.45) is 0 Å². The zero-order valence-corrected chi connectivity index (χ0v) is 18.6. The normalized spacial score (nSPS) is 11.4. The van der Waals surface area contributed by atoms with Gasteiger partial charge in [-0.25, -0.2) is 13.4 Å². The molecule has 0 amide bonds. The number of benzene rings is 2. The van der Waals surface area contributed by atoms with Crippen LogP contribution in [-0.4, -0.2) is 34.8 Å². The second kappa shape index (κ2) is 8.44. The van der Waals surface area contributed by atoms with Crippen LogP contribution >= 0.6 is 0 Å². The first-order valence-corrected chi connectivity index (χ1v) is 11.2. The third kappa shape index (κ3) is 4.11. The minimum absolute atomic E-state index is 0.0305. The van der Waals surface area contributed by atoms with Crippen molar-refractivity contribution in [3.8, 4) is 17.0 Å². The number of sulfonamides is 1. The summed E-state index contributed by atoms with van der Waals surface area (Å²) in [6.07, 6.45) is 3.58. The summed E-state index contributed by atoms with van der Waals surface area (Å²) in [6, 6.07) is 11.8. The van der Waals surface area contributed by atoms with Crippen LogP contribution in [-0.2, 0) is 10.0 Å². The quantitative estimate of drug-likeness (QED) is 0.306. The van der Waals surface area contributed by atoms with Crippen LogP contribution in [0.15, 0.2) is 65.8 Å². The van der Waals surface area contributed by atoms with E-state index in [1.54, 1.807) is 16.7 Å². The summed E-state index contributed by atoms with van der Waals surface area (Å²) < 4.78 is 35.5. The van der Waals surface area contributed by atoms with Gasteiger partial charge in [0, 0.05) is 30.1 Å². The summed E-state index contributed by atoms with van der Waals surface area (Å²) in [6.45, 7) is 1.18. The minimum atomic E-state index is -4.46. The molecule has 174 valence electrons. The molecular formula is C21H17N5O7S. The number of ether oxygens (including phenoxy) is 1. The van der Waals surface area contributed by atoms with Gasteiger partial charge in [0.1, 0.15) is 21.9 Å². The van der Waals surface area contributed by atoms with E-state index in [2.05, 4.69) is 9.71 Å². The number of hydrogen-bond acceptors (Lipinski definition) is 8. The molecule has 13 heteroatoms. The van der Waals surface area contributed by atoms with Gasteiger partial charge in [-0.3, -0.25) is 25.0 Å². The first-order chi connectivity index (χ1) is 16.1. The van der Waals surface area contributed by atoms with E-state index < -0.39 is 36.1 Å². The van der Waals surface area contributed by atoms with Crippen LogP contribution in [0, 0.1) is 27.2 Å². The number of imidazole rings is 1. The van der Waals surface area contributed by atoms with Crippen molar-refractivity contribution in [2.45, 2.75) is 11.8 Å². The van der Waals surface area contributed by atoms with Crippen molar-refractivity contribution < 1.29 is 23.0 Å². The molecule has 0 saturated heterocycles. The lowest BCUT2D eigenvalue weighted by Gasteiger charge is -2.13. The van der Waals surface area contributed by atoms with Crippen LogP contribution in [0.3, 0.4) is 0 Å². The predicted molar refractivity (Wildman–Crippen MR) is 122 cm³/mol. The smallest absolute Gasteiger partial charge is 0.280 e. The Morgan fingerprint density at radius 2 is 1.71 bits per heavy atom. The number of nitro benzene ring substituents is 2. The van der Waals surface area contributed by atoms with E-state index in [1.165, 1.54) is 26.2 Å². The number of nitrogens with one attached hydrogen (secondary N) is 1. The molecule has 2 aromatic carbocycles. The van der Waals surface area contributed by atoms with Crippen molar-refractivity contribution in [1.82, 2.24) is 9.38 Å². The van der Waals surface area contributed by atoms with E-state index in [0.717, 1.165) is 12.1 Å². The summed E-state index contributed by atoms with van der Waals surface area (Å²) in [5, 5.41) is 22.7. The maximum Gasteiger partial charge on any atom is 0.280 e. The molecule has 0 aliphatic rings. The van der Waals surface area contributed by atoms with Crippen molar-refractivity contribution in [1.29, 1.82) is 0 Å². The van der Waals surface area contributed by atoms with Gasteiger partial charge in [0.05, 0.1) is 28.3 Å². The fourth-order valence-electron chi connectivity index (χ4n) is 3.42. The summed E-state index contributed by atoms with van der Waals surface area (Å²) in [5.74, 6) is 0.173. The number of pyridine rings is 1. The molecule has 0 fully saturated rings. The first kappa shape index (κ1) is 22.7. The van der Waals surface area contributed by atoms with Gasteiger partial charge in [0.2, 0.25) is 0 Å². The van der Waals surface area contributed by atoms with E-state index in [1.807, 2.05) is 24.4 Å². The topological polar surface area (TPSA) is 159 Å². The number of fused-ring (bicyclic) bond motifs is 1. The van der Waals surface area contributed by atoms with Crippen LogP contribution < -0.4 is 9.46 Å². The summed E-state index contributed by atoms with van der Waals surface area (Å²) >= 11 is 0. The molecule has 0 spiro atoms. The Hall–Kier alpha value is -4.52. The Kier molecular flexibility index (Phi) is 5.63. The molecule has 0 unspecified atom stereocenters. The number of nitrogens with zero attached hydrogens (tertiary/aromatic N) is 4. The predicted octanol–water partition coefficient (Wildman–Crippen LogP) is 3.94. The Bertz CT molecular complexity index is 1500. The second-order valence-corrected chi connectivity index (χ2v) is 8.90. The van der Waals surface area contributed by atoms with Gasteiger partial charge in [-0.2, -0.15) is 0 Å². The average molecular weight is 483 g/mol. The molecule has 0 bridgehead atoms. The maximum atomic E-state index is 13.1. The monoisotopic (exact) mass is 483 g/mol. The highest BCUT2D eigenvalue weighted by molar-refractivity contribution is 7.92. The second-order valence-electron chi connectivity index (χ2n) is 7.21. The van der Waals surface area contributed by atoms with Gasteiger partial charge < -0.3 is 9.14 Å². The van der Waals surface area contributed by atoms with Gasteiger partial charge in [0.15, 0.2) is 0 Å². The largest absolute Gasteiger partial charge is 0.495 e. The van der Waals surface area contributed by atoms with E-state index in [9.17, 15) is 28.6 Å². The van der Waals surface area contributed by atoms with Gasteiger partial charge in [-0.05, 0) is 37.3 Å². The summed E-state index contributed by atoms with van der Waals surface area (Å²) in [7, 11) is -3.12. The minimum Gasteiger partial charge on any atom is -0.495 e. The number of rotatable bonds is 7. The molecule has 0 saturated carbocycles. The highest BCUT2D eigenvalue weighted by Crippen LogP contribution is 2.35. The summed E-state index contributed by atoms with van der Waals surface area (Å²) in [5.41, 5.74) is 0.247. The van der Waals surface area contributed by atoms with Gasteiger partial charge >= 0.3 is 0 Å². The molecule has 0 aliphatic heterocycles. The standard InChI is InChI=1S/C21H17N5O7S/c1-13-18(25(27)28)10-15(11-19(13)26(29)30)34(31,32)23-16-9-14(6-7-20(16)33-2)17-12-24-8-4-3-5-21(24)22-17/h3-12,23H,1-2H3. The van der Waals surface area contributed by atoms with E-state index in [0.29, 0.717) is 16.9 Å². The van der Waals surface area contributed by atoms with E-state index >= 15 is 0 Å². The Balaban J connectivity index is 1.79. The third-order valence-corrected chi connectivity index (χ3v) is 6.48. The molecule has 12 nitrogen and oxygen atoms in total. The zero-order chi connectivity index (χ0) is 24.6. The van der Waals surface area contributed by atoms with Gasteiger partial charge in [0.25, 0.3) is 21.4 Å². The highest BCUT2D eigenvalue weighted by Gasteiger charge is 2.28. The van der Waals surface area contributed by atoms with Crippen LogP contribution in [0.2, 0.25) is 0 Å². The molecule has 34 heavy (non-hydrogen) atoms. The number of methoxy groups -OCH3 is 1. The van der Waals surface area contributed by atoms with Crippen molar-refractivity contribution >= 4 is 32.7 Å². The molecule has 4 rings (SSSR count). The first-order valence-electron chi connectivity index (χ1n) is 9.69. The lowest BCUT2D eigenvalue weighted by atomic mass is 10.1. The number of hydrogen-bond donors (Lipinski definition) is 1.